The zero-order chi connectivity index (χ0) is 13.4. The fraction of sp³-hybridized carbons (Fsp3) is 0.188. The van der Waals surface area contributed by atoms with Crippen LogP contribution in [-0.2, 0) is 6.54 Å². The molecule has 0 spiro atoms. The number of nitrogen functional groups attached to an aromatic ring is 1. The minimum absolute atomic E-state index is 0.756. The first-order valence-corrected chi connectivity index (χ1v) is 6.40. The molecule has 2 aromatic carbocycles. The van der Waals surface area contributed by atoms with Crippen molar-refractivity contribution in [1.82, 2.24) is 9.55 Å². The number of nitrogens with two attached hydrogens (primary N) is 1. The fourth-order valence-electron chi connectivity index (χ4n) is 2.30. The lowest BCUT2D eigenvalue weighted by molar-refractivity contribution is 0.826. The summed E-state index contributed by atoms with van der Waals surface area (Å²) in [5.74, 6) is 0. The van der Waals surface area contributed by atoms with Gasteiger partial charge in [0.2, 0.25) is 0 Å². The SMILES string of the molecule is Cc1cc2ncn(Cc3ccccc3N)c2cc1C. The molecule has 0 amide bonds. The molecule has 0 atom stereocenters. The number of imidazole rings is 1. The van der Waals surface area contributed by atoms with Crippen molar-refractivity contribution in [1.29, 1.82) is 0 Å². The van der Waals surface area contributed by atoms with Crippen LogP contribution in [0.1, 0.15) is 16.7 Å². The second-order valence-electron chi connectivity index (χ2n) is 5.00. The maximum atomic E-state index is 6.00. The van der Waals surface area contributed by atoms with Gasteiger partial charge in [-0.1, -0.05) is 18.2 Å². The number of anilines is 1. The van der Waals surface area contributed by atoms with E-state index in [9.17, 15) is 0 Å². The molecule has 0 saturated carbocycles. The maximum absolute atomic E-state index is 6.00. The van der Waals surface area contributed by atoms with Crippen LogP contribution in [0.4, 0.5) is 5.69 Å². The molecule has 3 heteroatoms. The molecule has 2 N–H and O–H groups in total. The minimum Gasteiger partial charge on any atom is -0.398 e. The van der Waals surface area contributed by atoms with E-state index in [-0.39, 0.29) is 0 Å². The van der Waals surface area contributed by atoms with Crippen LogP contribution < -0.4 is 5.73 Å². The Morgan fingerprint density at radius 3 is 2.63 bits per heavy atom. The molecule has 3 aromatic rings. The molecule has 0 aliphatic rings. The second kappa shape index (κ2) is 4.43. The van der Waals surface area contributed by atoms with Crippen molar-refractivity contribution in [3.8, 4) is 0 Å². The zero-order valence-electron chi connectivity index (χ0n) is 11.2. The Morgan fingerprint density at radius 2 is 1.84 bits per heavy atom. The number of fused-ring (bicyclic) bond motifs is 1. The number of aryl methyl sites for hydroxylation is 2. The lowest BCUT2D eigenvalue weighted by Crippen LogP contribution is -2.01. The molecule has 19 heavy (non-hydrogen) atoms. The number of benzene rings is 2. The Bertz CT molecular complexity index is 741. The fourth-order valence-corrected chi connectivity index (χ4v) is 2.30. The number of para-hydroxylation sites is 1. The number of nitrogens with zero attached hydrogens (tertiary/aromatic N) is 2. The van der Waals surface area contributed by atoms with Crippen molar-refractivity contribution >= 4 is 16.7 Å². The van der Waals surface area contributed by atoms with Crippen LogP contribution >= 0.6 is 0 Å². The Morgan fingerprint density at radius 1 is 1.11 bits per heavy atom. The van der Waals surface area contributed by atoms with Crippen molar-refractivity contribution in [3.63, 3.8) is 0 Å². The van der Waals surface area contributed by atoms with E-state index in [4.69, 9.17) is 5.73 Å². The summed E-state index contributed by atoms with van der Waals surface area (Å²) in [6, 6.07) is 12.3. The molecule has 1 aromatic heterocycles. The molecule has 0 radical (unpaired) electrons. The summed E-state index contributed by atoms with van der Waals surface area (Å²) in [6.45, 7) is 5.00. The molecular formula is C16H17N3. The summed E-state index contributed by atoms with van der Waals surface area (Å²) >= 11 is 0. The van der Waals surface area contributed by atoms with Gasteiger partial charge < -0.3 is 10.3 Å². The van der Waals surface area contributed by atoms with Gasteiger partial charge in [0, 0.05) is 5.69 Å². The Hall–Kier alpha value is -2.29. The van der Waals surface area contributed by atoms with E-state index in [1.807, 2.05) is 24.5 Å². The Labute approximate surface area is 112 Å². The summed E-state index contributed by atoms with van der Waals surface area (Å²) in [6.07, 6.45) is 1.88. The summed E-state index contributed by atoms with van der Waals surface area (Å²) in [5, 5.41) is 0. The average Bonchev–Trinajstić information content (AvgIpc) is 2.76. The largest absolute Gasteiger partial charge is 0.398 e. The van der Waals surface area contributed by atoms with Crippen LogP contribution in [0.5, 0.6) is 0 Å². The standard InChI is InChI=1S/C16H17N3/c1-11-7-15-16(8-12(11)2)19(10-18-15)9-13-5-3-4-6-14(13)17/h3-8,10H,9,17H2,1-2H3. The van der Waals surface area contributed by atoms with E-state index in [2.05, 4.69) is 41.6 Å². The van der Waals surface area contributed by atoms with Crippen LogP contribution in [-0.4, -0.2) is 9.55 Å². The molecule has 96 valence electrons. The van der Waals surface area contributed by atoms with Crippen molar-refractivity contribution < 1.29 is 0 Å². The summed E-state index contributed by atoms with van der Waals surface area (Å²) < 4.78 is 2.15. The van der Waals surface area contributed by atoms with Crippen molar-refractivity contribution in [2.75, 3.05) is 5.73 Å². The normalized spacial score (nSPS) is 11.1. The van der Waals surface area contributed by atoms with Gasteiger partial charge in [0.15, 0.2) is 0 Å². The molecule has 0 bridgehead atoms. The highest BCUT2D eigenvalue weighted by atomic mass is 15.0. The van der Waals surface area contributed by atoms with E-state index in [1.165, 1.54) is 11.1 Å². The van der Waals surface area contributed by atoms with Gasteiger partial charge in [0.1, 0.15) is 0 Å². The summed E-state index contributed by atoms with van der Waals surface area (Å²) in [7, 11) is 0. The molecule has 0 aliphatic heterocycles. The van der Waals surface area contributed by atoms with Crippen LogP contribution in [0, 0.1) is 13.8 Å². The van der Waals surface area contributed by atoms with Crippen LogP contribution in [0.2, 0.25) is 0 Å². The highest BCUT2D eigenvalue weighted by molar-refractivity contribution is 5.77. The quantitative estimate of drug-likeness (QED) is 0.710. The molecule has 1 heterocycles. The monoisotopic (exact) mass is 251 g/mol. The lowest BCUT2D eigenvalue weighted by Gasteiger charge is -2.08. The van der Waals surface area contributed by atoms with Gasteiger partial charge in [0.05, 0.1) is 23.9 Å². The van der Waals surface area contributed by atoms with Gasteiger partial charge in [-0.2, -0.15) is 0 Å². The van der Waals surface area contributed by atoms with Crippen molar-refractivity contribution in [2.24, 2.45) is 0 Å². The van der Waals surface area contributed by atoms with E-state index >= 15 is 0 Å². The third-order valence-corrected chi connectivity index (χ3v) is 3.63. The average molecular weight is 251 g/mol. The van der Waals surface area contributed by atoms with Gasteiger partial charge in [-0.05, 0) is 48.7 Å². The van der Waals surface area contributed by atoms with Crippen molar-refractivity contribution in [3.05, 3.63) is 59.4 Å². The molecule has 0 unspecified atom stereocenters. The number of hydrogen-bond donors (Lipinski definition) is 1. The molecule has 0 saturated heterocycles. The van der Waals surface area contributed by atoms with Gasteiger partial charge in [-0.3, -0.25) is 0 Å². The number of rotatable bonds is 2. The van der Waals surface area contributed by atoms with Crippen LogP contribution in [0.3, 0.4) is 0 Å². The first-order chi connectivity index (χ1) is 9.15. The molecule has 0 fully saturated rings. The van der Waals surface area contributed by atoms with Gasteiger partial charge in [0.25, 0.3) is 0 Å². The Balaban J connectivity index is 2.07. The van der Waals surface area contributed by atoms with Gasteiger partial charge in [-0.15, -0.1) is 0 Å². The summed E-state index contributed by atoms with van der Waals surface area (Å²) in [5.41, 5.74) is 12.7. The topological polar surface area (TPSA) is 43.8 Å². The van der Waals surface area contributed by atoms with E-state index < -0.39 is 0 Å². The van der Waals surface area contributed by atoms with Crippen molar-refractivity contribution in [2.45, 2.75) is 20.4 Å². The second-order valence-corrected chi connectivity index (χ2v) is 5.00. The van der Waals surface area contributed by atoms with Gasteiger partial charge in [-0.25, -0.2) is 4.98 Å². The number of hydrogen-bond acceptors (Lipinski definition) is 2. The lowest BCUT2D eigenvalue weighted by atomic mass is 10.1. The minimum atomic E-state index is 0.756. The zero-order valence-corrected chi connectivity index (χ0v) is 11.2. The predicted molar refractivity (Wildman–Crippen MR) is 79.2 cm³/mol. The van der Waals surface area contributed by atoms with E-state index in [1.54, 1.807) is 0 Å². The number of aromatic nitrogens is 2. The summed E-state index contributed by atoms with van der Waals surface area (Å²) in [4.78, 5) is 4.47. The van der Waals surface area contributed by atoms with Gasteiger partial charge >= 0.3 is 0 Å². The third-order valence-electron chi connectivity index (χ3n) is 3.63. The molecule has 3 nitrogen and oxygen atoms in total. The smallest absolute Gasteiger partial charge is 0.0961 e. The van der Waals surface area contributed by atoms with Crippen LogP contribution in [0.15, 0.2) is 42.7 Å². The van der Waals surface area contributed by atoms with Crippen LogP contribution in [0.25, 0.3) is 11.0 Å². The highest BCUT2D eigenvalue weighted by Gasteiger charge is 2.06. The molecule has 0 aliphatic carbocycles. The maximum Gasteiger partial charge on any atom is 0.0961 e. The highest BCUT2D eigenvalue weighted by Crippen LogP contribution is 2.20. The first kappa shape index (κ1) is 11.8. The Kier molecular flexibility index (Phi) is 2.75. The van der Waals surface area contributed by atoms with E-state index in [0.717, 1.165) is 28.8 Å². The first-order valence-electron chi connectivity index (χ1n) is 6.40. The third kappa shape index (κ3) is 2.08. The van der Waals surface area contributed by atoms with E-state index in [0.29, 0.717) is 0 Å². The molecular weight excluding hydrogens is 234 g/mol. The molecule has 3 rings (SSSR count). The predicted octanol–water partition coefficient (Wildman–Crippen LogP) is 3.28.